The van der Waals surface area contributed by atoms with Gasteiger partial charge in [-0.15, -0.1) is 11.3 Å². The number of anilines is 2. The zero-order chi connectivity index (χ0) is 23.0. The van der Waals surface area contributed by atoms with Gasteiger partial charge in [0.05, 0.1) is 16.3 Å². The van der Waals surface area contributed by atoms with Gasteiger partial charge in [-0.1, -0.05) is 25.2 Å². The molecule has 0 saturated carbocycles. The Bertz CT molecular complexity index is 992. The van der Waals surface area contributed by atoms with Crippen LogP contribution in [-0.2, 0) is 4.79 Å². The van der Waals surface area contributed by atoms with E-state index in [4.69, 9.17) is 10.7 Å². The maximum Gasteiger partial charge on any atom is 0.324 e. The molecule has 2 aliphatic heterocycles. The second-order valence-corrected chi connectivity index (χ2v) is 11.3. The van der Waals surface area contributed by atoms with Crippen LogP contribution in [0.1, 0.15) is 52.1 Å². The number of hydrogen-bond donors (Lipinski definition) is 2. The lowest BCUT2D eigenvalue weighted by atomic mass is 9.98. The maximum atomic E-state index is 12.8. The molecule has 0 bridgehead atoms. The van der Waals surface area contributed by atoms with Crippen LogP contribution >= 0.6 is 22.7 Å². The Morgan fingerprint density at radius 3 is 2.56 bits per heavy atom. The van der Waals surface area contributed by atoms with Gasteiger partial charge in [-0.25, -0.2) is 14.8 Å². The molecule has 2 fully saturated rings. The van der Waals surface area contributed by atoms with Gasteiger partial charge in [-0.05, 0) is 51.4 Å². The monoisotopic (exact) mass is 476 g/mol. The summed E-state index contributed by atoms with van der Waals surface area (Å²) in [6.45, 7) is 10.9. The highest BCUT2D eigenvalue weighted by Crippen LogP contribution is 2.37. The lowest BCUT2D eigenvalue weighted by Crippen LogP contribution is -2.55. The molecule has 0 spiro atoms. The van der Waals surface area contributed by atoms with Gasteiger partial charge in [0.15, 0.2) is 10.3 Å². The number of primary amides is 1. The third kappa shape index (κ3) is 4.47. The van der Waals surface area contributed by atoms with Crippen LogP contribution in [0.4, 0.5) is 15.1 Å². The van der Waals surface area contributed by atoms with Crippen LogP contribution in [0.25, 0.3) is 10.6 Å². The molecule has 32 heavy (non-hydrogen) atoms. The lowest BCUT2D eigenvalue weighted by Gasteiger charge is -2.31. The largest absolute Gasteiger partial charge is 0.368 e. The van der Waals surface area contributed by atoms with Crippen LogP contribution in [0.2, 0.25) is 0 Å². The number of aromatic nitrogens is 2. The summed E-state index contributed by atoms with van der Waals surface area (Å²) in [5.41, 5.74) is 6.34. The molecular weight excluding hydrogens is 444 g/mol. The summed E-state index contributed by atoms with van der Waals surface area (Å²) in [7, 11) is 0. The molecule has 2 saturated heterocycles. The van der Waals surface area contributed by atoms with Gasteiger partial charge in [0, 0.05) is 25.0 Å². The fourth-order valence-electron chi connectivity index (χ4n) is 4.64. The van der Waals surface area contributed by atoms with Crippen molar-refractivity contribution in [1.29, 1.82) is 0 Å². The highest BCUT2D eigenvalue weighted by molar-refractivity contribution is 7.20. The normalized spacial score (nSPS) is 26.2. The Kier molecular flexibility index (Phi) is 6.44. The molecule has 174 valence electrons. The molecule has 4 rings (SSSR count). The van der Waals surface area contributed by atoms with Gasteiger partial charge < -0.3 is 15.5 Å². The van der Waals surface area contributed by atoms with Gasteiger partial charge in [-0.2, -0.15) is 0 Å². The van der Waals surface area contributed by atoms with Gasteiger partial charge in [-0.3, -0.25) is 10.1 Å². The third-order valence-corrected chi connectivity index (χ3v) is 8.64. The second kappa shape index (κ2) is 8.97. The number of nitrogens with zero attached hydrogens (tertiary/aromatic N) is 4. The number of carbonyl (C=O) groups is 2. The first-order valence-electron chi connectivity index (χ1n) is 11.2. The fourth-order valence-corrected chi connectivity index (χ4v) is 6.47. The molecule has 10 heteroatoms. The number of rotatable bonds is 4. The van der Waals surface area contributed by atoms with Crippen LogP contribution in [0.3, 0.4) is 0 Å². The molecule has 0 aliphatic carbocycles. The molecule has 2 unspecified atom stereocenters. The van der Waals surface area contributed by atoms with Crippen LogP contribution in [0.5, 0.6) is 0 Å². The Balaban J connectivity index is 1.50. The fraction of sp³-hybridized carbons (Fsp3) is 0.636. The number of hydrogen-bond acceptors (Lipinski definition) is 7. The van der Waals surface area contributed by atoms with E-state index in [1.807, 2.05) is 6.92 Å². The van der Waals surface area contributed by atoms with Crippen molar-refractivity contribution in [1.82, 2.24) is 14.9 Å². The van der Waals surface area contributed by atoms with E-state index >= 15 is 0 Å². The molecule has 2 aliphatic rings. The summed E-state index contributed by atoms with van der Waals surface area (Å²) < 4.78 is 0. The highest BCUT2D eigenvalue weighted by atomic mass is 32.1. The topological polar surface area (TPSA) is 104 Å². The van der Waals surface area contributed by atoms with Crippen LogP contribution in [0.15, 0.2) is 5.38 Å². The van der Waals surface area contributed by atoms with Crippen molar-refractivity contribution < 1.29 is 9.59 Å². The van der Waals surface area contributed by atoms with E-state index in [1.165, 1.54) is 29.1 Å². The molecule has 0 aromatic carbocycles. The number of amides is 3. The minimum absolute atomic E-state index is 0.337. The van der Waals surface area contributed by atoms with Crippen molar-refractivity contribution in [2.24, 2.45) is 17.6 Å². The van der Waals surface area contributed by atoms with Crippen molar-refractivity contribution in [2.75, 3.05) is 29.9 Å². The summed E-state index contributed by atoms with van der Waals surface area (Å²) in [4.78, 5) is 39.1. The number of carbonyl (C=O) groups excluding carboxylic acids is 2. The van der Waals surface area contributed by atoms with Crippen LogP contribution in [-0.4, -0.2) is 52.0 Å². The zero-order valence-corrected chi connectivity index (χ0v) is 20.8. The van der Waals surface area contributed by atoms with Crippen molar-refractivity contribution in [3.05, 3.63) is 11.1 Å². The first-order chi connectivity index (χ1) is 15.2. The molecule has 3 N–H and O–H groups in total. The van der Waals surface area contributed by atoms with E-state index < -0.39 is 11.4 Å². The van der Waals surface area contributed by atoms with Gasteiger partial charge >= 0.3 is 6.03 Å². The quantitative estimate of drug-likeness (QED) is 0.684. The van der Waals surface area contributed by atoms with E-state index in [9.17, 15) is 9.59 Å². The SMILES string of the molecule is Cc1nc(NC(=O)N2CCC[C@@]2(C)C(N)=O)sc1-c1csc(N2CC(C)CCC(C)C2)n1. The van der Waals surface area contributed by atoms with E-state index in [1.54, 1.807) is 18.3 Å². The van der Waals surface area contributed by atoms with Gasteiger partial charge in [0.25, 0.3) is 0 Å². The Morgan fingerprint density at radius 2 is 1.91 bits per heavy atom. The summed E-state index contributed by atoms with van der Waals surface area (Å²) >= 11 is 3.08. The summed E-state index contributed by atoms with van der Waals surface area (Å²) in [5.74, 6) is 0.847. The Labute approximate surface area is 197 Å². The zero-order valence-electron chi connectivity index (χ0n) is 19.2. The average Bonchev–Trinajstić information content (AvgIpc) is 3.42. The minimum atomic E-state index is -0.954. The van der Waals surface area contributed by atoms with Gasteiger partial charge in [0.2, 0.25) is 5.91 Å². The Hall–Kier alpha value is -2.20. The van der Waals surface area contributed by atoms with Crippen molar-refractivity contribution in [3.8, 4) is 10.6 Å². The first-order valence-corrected chi connectivity index (χ1v) is 12.9. The Morgan fingerprint density at radius 1 is 1.22 bits per heavy atom. The molecule has 4 heterocycles. The number of aryl methyl sites for hydroxylation is 1. The smallest absolute Gasteiger partial charge is 0.324 e. The van der Waals surface area contributed by atoms with E-state index in [-0.39, 0.29) is 6.03 Å². The van der Waals surface area contributed by atoms with Crippen molar-refractivity contribution in [2.45, 2.75) is 58.9 Å². The first kappa shape index (κ1) is 23.0. The van der Waals surface area contributed by atoms with E-state index in [2.05, 4.69) is 34.4 Å². The number of urea groups is 1. The summed E-state index contributed by atoms with van der Waals surface area (Å²) in [6, 6.07) is -0.337. The molecule has 2 aromatic heterocycles. The highest BCUT2D eigenvalue weighted by Gasteiger charge is 2.44. The molecule has 8 nitrogen and oxygen atoms in total. The standard InChI is InChI=1S/C22H32N6O2S2/c1-13-6-7-14(2)11-27(10-13)21-25-16(12-31-21)17-15(3)24-19(32-17)26-20(30)28-9-5-8-22(28,4)18(23)29/h12-14H,5-11H2,1-4H3,(H2,23,29)(H,24,26,30)/t13?,14?,22-/m0/s1. The maximum absolute atomic E-state index is 12.8. The number of likely N-dealkylation sites (tertiary alicyclic amines) is 1. The summed E-state index contributed by atoms with van der Waals surface area (Å²) in [5, 5.41) is 6.50. The molecule has 3 amide bonds. The predicted octanol–water partition coefficient (Wildman–Crippen LogP) is 4.32. The number of nitrogens with one attached hydrogen (secondary N) is 1. The van der Waals surface area contributed by atoms with Crippen LogP contribution < -0.4 is 16.0 Å². The second-order valence-electron chi connectivity index (χ2n) is 9.46. The van der Waals surface area contributed by atoms with Crippen LogP contribution in [0, 0.1) is 18.8 Å². The van der Waals surface area contributed by atoms with Gasteiger partial charge in [0.1, 0.15) is 5.54 Å². The lowest BCUT2D eigenvalue weighted by molar-refractivity contribution is -0.126. The average molecular weight is 477 g/mol. The van der Waals surface area contributed by atoms with E-state index in [0.717, 1.165) is 40.9 Å². The molecule has 3 atom stereocenters. The molecular formula is C22H32N6O2S2. The predicted molar refractivity (Wildman–Crippen MR) is 130 cm³/mol. The molecule has 0 radical (unpaired) electrons. The minimum Gasteiger partial charge on any atom is -0.368 e. The van der Waals surface area contributed by atoms with Crippen molar-refractivity contribution >= 4 is 44.9 Å². The number of thiazole rings is 2. The van der Waals surface area contributed by atoms with Crippen molar-refractivity contribution in [3.63, 3.8) is 0 Å². The summed E-state index contributed by atoms with van der Waals surface area (Å²) in [6.07, 6.45) is 3.86. The molecule has 2 aromatic rings. The number of nitrogens with two attached hydrogens (primary N) is 1. The third-order valence-electron chi connectivity index (χ3n) is 6.64. The van der Waals surface area contributed by atoms with E-state index in [0.29, 0.717) is 29.9 Å².